The van der Waals surface area contributed by atoms with Crippen molar-refractivity contribution in [1.82, 2.24) is 10.2 Å². The van der Waals surface area contributed by atoms with Gasteiger partial charge >= 0.3 is 0 Å². The molecular formula is C22H39N3. The van der Waals surface area contributed by atoms with Crippen LogP contribution in [0.25, 0.3) is 0 Å². The standard InChI is InChI=1S/C22H39N3/c1-7-9-10-15-21(13-8-2)25-19(5)22(24-20(25)6)16-12-11-14-17(3)18(4)23/h11-12,14,18,21,24H,6-10,13,15-16,23H2,1-5H3/b12-11-,17-14-. The van der Waals surface area contributed by atoms with E-state index in [1.54, 1.807) is 0 Å². The van der Waals surface area contributed by atoms with E-state index in [1.165, 1.54) is 55.5 Å². The molecule has 0 aromatic rings. The average Bonchev–Trinajstić information content (AvgIpc) is 2.84. The molecule has 0 saturated heterocycles. The van der Waals surface area contributed by atoms with Crippen LogP contribution in [0.5, 0.6) is 0 Å². The summed E-state index contributed by atoms with van der Waals surface area (Å²) in [5.74, 6) is 1.04. The summed E-state index contributed by atoms with van der Waals surface area (Å²) in [7, 11) is 0. The quantitative estimate of drug-likeness (QED) is 0.379. The average molecular weight is 346 g/mol. The molecule has 0 aromatic carbocycles. The molecular weight excluding hydrogens is 306 g/mol. The minimum Gasteiger partial charge on any atom is -0.344 e. The van der Waals surface area contributed by atoms with Crippen molar-refractivity contribution in [2.24, 2.45) is 5.73 Å². The number of nitrogens with zero attached hydrogens (tertiary/aromatic N) is 1. The zero-order chi connectivity index (χ0) is 18.8. The third-order valence-electron chi connectivity index (χ3n) is 5.05. The molecule has 0 spiro atoms. The largest absolute Gasteiger partial charge is 0.344 e. The molecule has 3 N–H and O–H groups in total. The highest BCUT2D eigenvalue weighted by Crippen LogP contribution is 2.30. The third kappa shape index (κ3) is 6.74. The topological polar surface area (TPSA) is 41.3 Å². The number of allylic oxidation sites excluding steroid dienone is 4. The number of nitrogens with one attached hydrogen (secondary N) is 1. The first kappa shape index (κ1) is 21.6. The van der Waals surface area contributed by atoms with Gasteiger partial charge in [-0.1, -0.05) is 69.9 Å². The van der Waals surface area contributed by atoms with Gasteiger partial charge in [-0.05, 0) is 33.6 Å². The van der Waals surface area contributed by atoms with Crippen molar-refractivity contribution in [2.75, 3.05) is 0 Å². The van der Waals surface area contributed by atoms with Crippen LogP contribution in [0, 0.1) is 0 Å². The summed E-state index contributed by atoms with van der Waals surface area (Å²) < 4.78 is 0. The molecule has 0 radical (unpaired) electrons. The smallest absolute Gasteiger partial charge is 0.103 e. The van der Waals surface area contributed by atoms with Gasteiger partial charge in [-0.15, -0.1) is 0 Å². The first-order valence-electron chi connectivity index (χ1n) is 9.96. The summed E-state index contributed by atoms with van der Waals surface area (Å²) in [5, 5.41) is 3.51. The van der Waals surface area contributed by atoms with E-state index in [2.05, 4.69) is 62.7 Å². The van der Waals surface area contributed by atoms with Crippen molar-refractivity contribution in [3.63, 3.8) is 0 Å². The maximum absolute atomic E-state index is 5.87. The van der Waals surface area contributed by atoms with Gasteiger partial charge in [0.2, 0.25) is 0 Å². The zero-order valence-corrected chi connectivity index (χ0v) is 17.1. The summed E-state index contributed by atoms with van der Waals surface area (Å²) >= 11 is 0. The zero-order valence-electron chi connectivity index (χ0n) is 17.1. The summed E-state index contributed by atoms with van der Waals surface area (Å²) in [4.78, 5) is 2.44. The van der Waals surface area contributed by atoms with Gasteiger partial charge in [0, 0.05) is 29.9 Å². The predicted octanol–water partition coefficient (Wildman–Crippen LogP) is 5.58. The summed E-state index contributed by atoms with van der Waals surface area (Å²) in [6.45, 7) is 15.1. The molecule has 1 rings (SSSR count). The van der Waals surface area contributed by atoms with Gasteiger partial charge in [0.25, 0.3) is 0 Å². The fourth-order valence-electron chi connectivity index (χ4n) is 3.29. The Labute approximate surface area is 155 Å². The third-order valence-corrected chi connectivity index (χ3v) is 5.05. The number of hydrogen-bond donors (Lipinski definition) is 2. The van der Waals surface area contributed by atoms with Gasteiger partial charge in [-0.3, -0.25) is 0 Å². The maximum atomic E-state index is 5.87. The van der Waals surface area contributed by atoms with E-state index in [0.717, 1.165) is 12.2 Å². The minimum absolute atomic E-state index is 0.114. The molecule has 142 valence electrons. The van der Waals surface area contributed by atoms with Gasteiger partial charge in [0.1, 0.15) is 5.82 Å². The highest BCUT2D eigenvalue weighted by molar-refractivity contribution is 5.29. The Morgan fingerprint density at radius 1 is 1.24 bits per heavy atom. The molecule has 1 heterocycles. The summed E-state index contributed by atoms with van der Waals surface area (Å²) in [6.07, 6.45) is 14.9. The highest BCUT2D eigenvalue weighted by Gasteiger charge is 2.27. The Balaban J connectivity index is 2.76. The summed E-state index contributed by atoms with van der Waals surface area (Å²) in [5.41, 5.74) is 9.67. The predicted molar refractivity (Wildman–Crippen MR) is 111 cm³/mol. The van der Waals surface area contributed by atoms with Crippen LogP contribution in [0.15, 0.2) is 47.6 Å². The normalized spacial score (nSPS) is 18.2. The molecule has 3 nitrogen and oxygen atoms in total. The maximum Gasteiger partial charge on any atom is 0.103 e. The Morgan fingerprint density at radius 3 is 2.56 bits per heavy atom. The number of rotatable bonds is 11. The molecule has 2 unspecified atom stereocenters. The first-order valence-corrected chi connectivity index (χ1v) is 9.96. The molecule has 0 aliphatic carbocycles. The van der Waals surface area contributed by atoms with Gasteiger partial charge in [-0.2, -0.15) is 0 Å². The van der Waals surface area contributed by atoms with E-state index in [1.807, 2.05) is 6.92 Å². The SMILES string of the molecule is C=C1NC(C/C=C\C=C(\C)C(C)N)=C(C)N1C(CCC)CCCCC. The molecule has 2 atom stereocenters. The van der Waals surface area contributed by atoms with Crippen LogP contribution in [0.4, 0.5) is 0 Å². The van der Waals surface area contributed by atoms with Crippen LogP contribution in [-0.4, -0.2) is 17.0 Å². The Kier molecular flexibility index (Phi) is 9.66. The van der Waals surface area contributed by atoms with Crippen LogP contribution in [-0.2, 0) is 0 Å². The lowest BCUT2D eigenvalue weighted by molar-refractivity contribution is 0.278. The van der Waals surface area contributed by atoms with Crippen LogP contribution >= 0.6 is 0 Å². The molecule has 1 aliphatic heterocycles. The molecule has 0 bridgehead atoms. The second kappa shape index (κ2) is 11.2. The molecule has 0 aromatic heterocycles. The molecule has 0 amide bonds. The van der Waals surface area contributed by atoms with Gasteiger partial charge in [-0.25, -0.2) is 0 Å². The van der Waals surface area contributed by atoms with Crippen LogP contribution in [0.2, 0.25) is 0 Å². The van der Waals surface area contributed by atoms with E-state index in [-0.39, 0.29) is 6.04 Å². The fourth-order valence-corrected chi connectivity index (χ4v) is 3.29. The molecule has 0 fully saturated rings. The molecule has 1 aliphatic rings. The highest BCUT2D eigenvalue weighted by atomic mass is 15.3. The van der Waals surface area contributed by atoms with Crippen LogP contribution in [0.1, 0.15) is 79.6 Å². The van der Waals surface area contributed by atoms with Gasteiger partial charge in [0.15, 0.2) is 0 Å². The van der Waals surface area contributed by atoms with Crippen molar-refractivity contribution < 1.29 is 0 Å². The minimum atomic E-state index is 0.114. The van der Waals surface area contributed by atoms with E-state index < -0.39 is 0 Å². The summed E-state index contributed by atoms with van der Waals surface area (Å²) in [6, 6.07) is 0.682. The van der Waals surface area contributed by atoms with E-state index in [0.29, 0.717) is 6.04 Å². The second-order valence-electron chi connectivity index (χ2n) is 7.28. The van der Waals surface area contributed by atoms with Gasteiger partial charge < -0.3 is 16.0 Å². The van der Waals surface area contributed by atoms with Crippen molar-refractivity contribution in [1.29, 1.82) is 0 Å². The molecule has 25 heavy (non-hydrogen) atoms. The van der Waals surface area contributed by atoms with Crippen molar-refractivity contribution in [2.45, 2.75) is 91.6 Å². The Morgan fingerprint density at radius 2 is 1.96 bits per heavy atom. The van der Waals surface area contributed by atoms with Crippen LogP contribution in [0.3, 0.4) is 0 Å². The molecule has 3 heteroatoms. The number of hydrogen-bond acceptors (Lipinski definition) is 3. The van der Waals surface area contributed by atoms with Gasteiger partial charge in [0.05, 0.1) is 0 Å². The van der Waals surface area contributed by atoms with Crippen LogP contribution < -0.4 is 11.1 Å². The van der Waals surface area contributed by atoms with Crippen molar-refractivity contribution in [3.8, 4) is 0 Å². The van der Waals surface area contributed by atoms with Crippen molar-refractivity contribution in [3.05, 3.63) is 47.6 Å². The Hall–Kier alpha value is -1.48. The van der Waals surface area contributed by atoms with E-state index in [4.69, 9.17) is 5.73 Å². The number of unbranched alkanes of at least 4 members (excludes halogenated alkanes) is 2. The first-order chi connectivity index (χ1) is 11.9. The lowest BCUT2D eigenvalue weighted by atomic mass is 10.0. The second-order valence-corrected chi connectivity index (χ2v) is 7.28. The fraction of sp³-hybridized carbons (Fsp3) is 0.636. The van der Waals surface area contributed by atoms with E-state index in [9.17, 15) is 0 Å². The molecule has 0 saturated carbocycles. The lowest BCUT2D eigenvalue weighted by Crippen LogP contribution is -2.32. The Bertz CT molecular complexity index is 511. The number of nitrogens with two attached hydrogens (primary N) is 1. The van der Waals surface area contributed by atoms with E-state index >= 15 is 0 Å². The monoisotopic (exact) mass is 345 g/mol. The van der Waals surface area contributed by atoms with Crippen molar-refractivity contribution >= 4 is 0 Å². The lowest BCUT2D eigenvalue weighted by Gasteiger charge is -2.31.